The maximum Gasteiger partial charge on any atom is 0.421 e. The van der Waals surface area contributed by atoms with Crippen LogP contribution in [-0.2, 0) is 4.74 Å². The standard InChI is InChI=1S/C4H9IN2O2/c5-2-1-3-9-4(8)7-6/h1-3,6H2,(H,7,8). The Bertz CT molecular complexity index is 88.6. The summed E-state index contributed by atoms with van der Waals surface area (Å²) in [5.74, 6) is 4.73. The molecule has 0 atom stereocenters. The minimum atomic E-state index is -0.570. The van der Waals surface area contributed by atoms with Gasteiger partial charge >= 0.3 is 6.09 Å². The molecule has 0 aromatic carbocycles. The van der Waals surface area contributed by atoms with Gasteiger partial charge in [0, 0.05) is 4.43 Å². The van der Waals surface area contributed by atoms with Gasteiger partial charge in [0.2, 0.25) is 0 Å². The second kappa shape index (κ2) is 6.09. The molecule has 0 radical (unpaired) electrons. The monoisotopic (exact) mass is 244 g/mol. The van der Waals surface area contributed by atoms with E-state index in [1.807, 2.05) is 5.43 Å². The number of hydrogen-bond donors (Lipinski definition) is 2. The first-order valence-electron chi connectivity index (χ1n) is 2.50. The van der Waals surface area contributed by atoms with Crippen LogP contribution in [0.2, 0.25) is 0 Å². The smallest absolute Gasteiger partial charge is 0.421 e. The summed E-state index contributed by atoms with van der Waals surface area (Å²) < 4.78 is 5.53. The summed E-state index contributed by atoms with van der Waals surface area (Å²) in [7, 11) is 0. The normalized spacial score (nSPS) is 8.67. The number of carbonyl (C=O) groups excluding carboxylic acids is 1. The third-order valence-corrected chi connectivity index (χ3v) is 1.39. The van der Waals surface area contributed by atoms with Gasteiger partial charge in [0.1, 0.15) is 0 Å². The Morgan fingerprint density at radius 1 is 1.78 bits per heavy atom. The average Bonchev–Trinajstić information content (AvgIpc) is 1.89. The van der Waals surface area contributed by atoms with Crippen molar-refractivity contribution in [1.29, 1.82) is 0 Å². The molecule has 0 aromatic heterocycles. The molecule has 0 fully saturated rings. The van der Waals surface area contributed by atoms with Crippen molar-refractivity contribution in [3.63, 3.8) is 0 Å². The summed E-state index contributed by atoms with van der Waals surface area (Å²) in [5, 5.41) is 0. The fourth-order valence-electron chi connectivity index (χ4n) is 0.261. The van der Waals surface area contributed by atoms with Gasteiger partial charge in [-0.2, -0.15) is 0 Å². The largest absolute Gasteiger partial charge is 0.449 e. The van der Waals surface area contributed by atoms with Crippen molar-refractivity contribution >= 4 is 28.7 Å². The Morgan fingerprint density at radius 3 is 2.89 bits per heavy atom. The van der Waals surface area contributed by atoms with E-state index in [0.717, 1.165) is 10.8 Å². The molecule has 0 rings (SSSR count). The van der Waals surface area contributed by atoms with Gasteiger partial charge in [0.05, 0.1) is 6.61 Å². The summed E-state index contributed by atoms with van der Waals surface area (Å²) in [5.41, 5.74) is 1.86. The van der Waals surface area contributed by atoms with Crippen molar-refractivity contribution in [2.45, 2.75) is 6.42 Å². The predicted octanol–water partition coefficient (Wildman–Crippen LogP) is 0.411. The van der Waals surface area contributed by atoms with Gasteiger partial charge in [-0.05, 0) is 6.42 Å². The predicted molar refractivity (Wildman–Crippen MR) is 42.2 cm³/mol. The second-order valence-corrected chi connectivity index (χ2v) is 2.40. The molecule has 0 unspecified atom stereocenters. The summed E-state index contributed by atoms with van der Waals surface area (Å²) in [6.45, 7) is 0.436. The fourth-order valence-corrected chi connectivity index (χ4v) is 0.572. The van der Waals surface area contributed by atoms with Crippen LogP contribution in [0, 0.1) is 0 Å². The topological polar surface area (TPSA) is 64.3 Å². The molecule has 9 heavy (non-hydrogen) atoms. The number of hydrogen-bond acceptors (Lipinski definition) is 3. The molecule has 54 valence electrons. The first kappa shape index (κ1) is 8.96. The zero-order valence-corrected chi connectivity index (χ0v) is 7.05. The lowest BCUT2D eigenvalue weighted by Gasteiger charge is -1.99. The summed E-state index contributed by atoms with van der Waals surface area (Å²) >= 11 is 2.20. The van der Waals surface area contributed by atoms with Crippen molar-refractivity contribution in [3.05, 3.63) is 0 Å². The lowest BCUT2D eigenvalue weighted by Crippen LogP contribution is -2.30. The van der Waals surface area contributed by atoms with Crippen LogP contribution >= 0.6 is 22.6 Å². The number of rotatable bonds is 3. The van der Waals surface area contributed by atoms with Crippen LogP contribution in [0.25, 0.3) is 0 Å². The Labute approximate surface area is 67.2 Å². The van der Waals surface area contributed by atoms with E-state index in [4.69, 9.17) is 5.84 Å². The molecule has 0 saturated heterocycles. The van der Waals surface area contributed by atoms with Crippen LogP contribution in [-0.4, -0.2) is 17.1 Å². The van der Waals surface area contributed by atoms with Crippen LogP contribution in [0.1, 0.15) is 6.42 Å². The van der Waals surface area contributed by atoms with Crippen molar-refractivity contribution in [3.8, 4) is 0 Å². The highest BCUT2D eigenvalue weighted by molar-refractivity contribution is 14.1. The van der Waals surface area contributed by atoms with E-state index in [-0.39, 0.29) is 0 Å². The van der Waals surface area contributed by atoms with Gasteiger partial charge in [-0.1, -0.05) is 22.6 Å². The Hall–Kier alpha value is -0.0400. The van der Waals surface area contributed by atoms with Crippen LogP contribution in [0.15, 0.2) is 0 Å². The van der Waals surface area contributed by atoms with E-state index in [2.05, 4.69) is 27.3 Å². The first-order chi connectivity index (χ1) is 4.31. The van der Waals surface area contributed by atoms with Crippen molar-refractivity contribution < 1.29 is 9.53 Å². The van der Waals surface area contributed by atoms with E-state index >= 15 is 0 Å². The molecule has 0 bridgehead atoms. The van der Waals surface area contributed by atoms with Crippen molar-refractivity contribution in [2.75, 3.05) is 11.0 Å². The highest BCUT2D eigenvalue weighted by Gasteiger charge is 1.94. The van der Waals surface area contributed by atoms with E-state index in [0.29, 0.717) is 6.61 Å². The number of amides is 1. The number of nitrogens with one attached hydrogen (secondary N) is 1. The van der Waals surface area contributed by atoms with Gasteiger partial charge in [-0.15, -0.1) is 0 Å². The Kier molecular flexibility index (Phi) is 6.06. The van der Waals surface area contributed by atoms with Gasteiger partial charge in [-0.25, -0.2) is 10.6 Å². The number of alkyl halides is 1. The molecule has 1 amide bonds. The number of halogens is 1. The highest BCUT2D eigenvalue weighted by atomic mass is 127. The van der Waals surface area contributed by atoms with Gasteiger partial charge in [-0.3, -0.25) is 5.43 Å². The molecule has 4 nitrogen and oxygen atoms in total. The molecule has 0 spiro atoms. The maximum absolute atomic E-state index is 10.2. The van der Waals surface area contributed by atoms with Gasteiger partial charge < -0.3 is 4.74 Å². The minimum Gasteiger partial charge on any atom is -0.449 e. The van der Waals surface area contributed by atoms with Crippen LogP contribution in [0.5, 0.6) is 0 Å². The third kappa shape index (κ3) is 5.84. The summed E-state index contributed by atoms with van der Waals surface area (Å²) in [6.07, 6.45) is 0.299. The molecule has 0 aliphatic carbocycles. The highest BCUT2D eigenvalue weighted by Crippen LogP contribution is 1.88. The zero-order chi connectivity index (χ0) is 7.11. The molecular weight excluding hydrogens is 235 g/mol. The molecule has 0 aliphatic rings. The summed E-state index contributed by atoms with van der Waals surface area (Å²) in [4.78, 5) is 10.2. The van der Waals surface area contributed by atoms with Crippen molar-refractivity contribution in [1.82, 2.24) is 5.43 Å². The quantitative estimate of drug-likeness (QED) is 0.189. The molecule has 0 aromatic rings. The van der Waals surface area contributed by atoms with E-state index < -0.39 is 6.09 Å². The molecule has 0 saturated carbocycles. The van der Waals surface area contributed by atoms with E-state index in [1.165, 1.54) is 0 Å². The lowest BCUT2D eigenvalue weighted by atomic mass is 10.5. The van der Waals surface area contributed by atoms with E-state index in [1.54, 1.807) is 0 Å². The maximum atomic E-state index is 10.2. The SMILES string of the molecule is NNC(=O)OCCCI. The van der Waals surface area contributed by atoms with Crippen LogP contribution in [0.4, 0.5) is 4.79 Å². The third-order valence-electron chi connectivity index (χ3n) is 0.629. The van der Waals surface area contributed by atoms with Gasteiger partial charge in [0.15, 0.2) is 0 Å². The zero-order valence-electron chi connectivity index (χ0n) is 4.89. The number of nitrogens with two attached hydrogens (primary N) is 1. The molecular formula is C4H9IN2O2. The van der Waals surface area contributed by atoms with Crippen molar-refractivity contribution in [2.24, 2.45) is 5.84 Å². The fraction of sp³-hybridized carbons (Fsp3) is 0.750. The minimum absolute atomic E-state index is 0.436. The number of carbonyl (C=O) groups is 1. The first-order valence-corrected chi connectivity index (χ1v) is 4.03. The molecule has 0 aliphatic heterocycles. The Morgan fingerprint density at radius 2 is 2.44 bits per heavy atom. The molecule has 0 heterocycles. The lowest BCUT2D eigenvalue weighted by molar-refractivity contribution is 0.147. The summed E-state index contributed by atoms with van der Waals surface area (Å²) in [6, 6.07) is 0. The average molecular weight is 244 g/mol. The van der Waals surface area contributed by atoms with E-state index in [9.17, 15) is 4.79 Å². The van der Waals surface area contributed by atoms with Gasteiger partial charge in [0.25, 0.3) is 0 Å². The Balaban J connectivity index is 2.97. The number of hydrazine groups is 1. The number of ether oxygens (including phenoxy) is 1. The van der Waals surface area contributed by atoms with Crippen LogP contribution in [0.3, 0.4) is 0 Å². The second-order valence-electron chi connectivity index (χ2n) is 1.32. The molecule has 5 heteroatoms. The van der Waals surface area contributed by atoms with Crippen LogP contribution < -0.4 is 11.3 Å². The molecule has 3 N–H and O–H groups in total.